The highest BCUT2D eigenvalue weighted by atomic mass is 35.5. The molecule has 0 unspecified atom stereocenters. The lowest BCUT2D eigenvalue weighted by Crippen LogP contribution is -2.27. The second kappa shape index (κ2) is 8.33. The van der Waals surface area contributed by atoms with E-state index in [1.807, 2.05) is 12.1 Å². The highest BCUT2D eigenvalue weighted by Gasteiger charge is 2.30. The zero-order chi connectivity index (χ0) is 20.4. The van der Waals surface area contributed by atoms with Gasteiger partial charge in [0, 0.05) is 23.0 Å². The van der Waals surface area contributed by atoms with Gasteiger partial charge in [0.25, 0.3) is 0 Å². The van der Waals surface area contributed by atoms with Crippen LogP contribution in [0.5, 0.6) is 0 Å². The van der Waals surface area contributed by atoms with Gasteiger partial charge in [-0.05, 0) is 67.6 Å². The third-order valence-corrected chi connectivity index (χ3v) is 5.30. The zero-order valence-corrected chi connectivity index (χ0v) is 16.6. The first-order valence-electron chi connectivity index (χ1n) is 9.72. The van der Waals surface area contributed by atoms with Crippen molar-refractivity contribution >= 4 is 17.4 Å². The van der Waals surface area contributed by atoms with Crippen molar-refractivity contribution < 1.29 is 9.18 Å². The smallest absolute Gasteiger partial charge is 0.298 e. The van der Waals surface area contributed by atoms with Gasteiger partial charge in [-0.3, -0.25) is 9.36 Å². The molecule has 0 amide bonds. The number of ketones is 1. The summed E-state index contributed by atoms with van der Waals surface area (Å²) in [6.45, 7) is -0.0391. The van der Waals surface area contributed by atoms with Crippen LogP contribution in [0.3, 0.4) is 0 Å². The van der Waals surface area contributed by atoms with Crippen LogP contribution in [0.2, 0.25) is 5.02 Å². The van der Waals surface area contributed by atoms with Crippen LogP contribution in [0.4, 0.5) is 4.39 Å². The van der Waals surface area contributed by atoms with E-state index in [1.165, 1.54) is 16.8 Å². The van der Waals surface area contributed by atoms with Crippen molar-refractivity contribution in [2.75, 3.05) is 0 Å². The molecule has 1 aliphatic rings. The Labute approximate surface area is 172 Å². The molecule has 0 aliphatic heterocycles. The van der Waals surface area contributed by atoms with E-state index >= 15 is 0 Å². The highest BCUT2D eigenvalue weighted by molar-refractivity contribution is 6.30. The van der Waals surface area contributed by atoms with Gasteiger partial charge in [-0.15, -0.1) is 5.10 Å². The monoisotopic (exact) mass is 413 g/mol. The Morgan fingerprint density at radius 2 is 1.79 bits per heavy atom. The lowest BCUT2D eigenvalue weighted by molar-refractivity contribution is -0.119. The van der Waals surface area contributed by atoms with E-state index in [0.29, 0.717) is 30.1 Å². The number of hydrogen-bond donors (Lipinski definition) is 0. The first-order chi connectivity index (χ1) is 14.0. The van der Waals surface area contributed by atoms with Crippen LogP contribution in [0.1, 0.15) is 37.3 Å². The largest absolute Gasteiger partial charge is 0.346 e. The molecule has 4 rings (SSSR count). The van der Waals surface area contributed by atoms with Crippen LogP contribution in [-0.2, 0) is 17.8 Å². The Bertz CT molecular complexity index is 1070. The molecule has 0 bridgehead atoms. The molecule has 1 aliphatic carbocycles. The molecule has 0 saturated heterocycles. The molecule has 1 aromatic heterocycles. The number of carbonyl (C=O) groups excluding carboxylic acids is 1. The molecule has 7 heteroatoms. The molecule has 1 fully saturated rings. The number of carbonyl (C=O) groups is 1. The molecular formula is C22H21ClFN3O2. The minimum Gasteiger partial charge on any atom is -0.298 e. The van der Waals surface area contributed by atoms with Crippen molar-refractivity contribution in [2.45, 2.75) is 44.7 Å². The van der Waals surface area contributed by atoms with Crippen molar-refractivity contribution in [3.8, 4) is 11.4 Å². The lowest BCUT2D eigenvalue weighted by Gasteiger charge is -2.03. The van der Waals surface area contributed by atoms with Gasteiger partial charge in [-0.25, -0.2) is 13.9 Å². The molecule has 1 saturated carbocycles. The van der Waals surface area contributed by atoms with E-state index in [9.17, 15) is 14.0 Å². The van der Waals surface area contributed by atoms with Gasteiger partial charge in [0.1, 0.15) is 12.4 Å². The Kier molecular flexibility index (Phi) is 5.62. The molecule has 0 N–H and O–H groups in total. The molecule has 3 aromatic rings. The fourth-order valence-corrected chi connectivity index (χ4v) is 3.49. The summed E-state index contributed by atoms with van der Waals surface area (Å²) in [5, 5.41) is 5.06. The van der Waals surface area contributed by atoms with E-state index in [1.54, 1.807) is 28.8 Å². The van der Waals surface area contributed by atoms with Crippen molar-refractivity contribution in [3.63, 3.8) is 0 Å². The number of Topliss-reactive ketones (excluding diaryl/α,β-unsaturated/α-hetero) is 1. The number of aromatic nitrogens is 3. The SMILES string of the molecule is O=C(CCCc1ccc(F)cc1)Cn1nc(-c2ccc(Cl)cc2)n(C2CC2)c1=O. The maximum atomic E-state index is 13.0. The molecule has 150 valence electrons. The Balaban J connectivity index is 1.45. The Morgan fingerprint density at radius 3 is 2.45 bits per heavy atom. The van der Waals surface area contributed by atoms with Crippen molar-refractivity contribution in [2.24, 2.45) is 0 Å². The summed E-state index contributed by atoms with van der Waals surface area (Å²) in [5.74, 6) is 0.262. The van der Waals surface area contributed by atoms with E-state index < -0.39 is 0 Å². The maximum Gasteiger partial charge on any atom is 0.346 e. The van der Waals surface area contributed by atoms with Crippen LogP contribution in [0, 0.1) is 5.82 Å². The predicted octanol–water partition coefficient (Wildman–Crippen LogP) is 4.43. The van der Waals surface area contributed by atoms with Gasteiger partial charge in [0.2, 0.25) is 0 Å². The second-order valence-corrected chi connectivity index (χ2v) is 7.83. The highest BCUT2D eigenvalue weighted by Crippen LogP contribution is 2.36. The van der Waals surface area contributed by atoms with Gasteiger partial charge in [-0.1, -0.05) is 23.7 Å². The van der Waals surface area contributed by atoms with E-state index in [-0.39, 0.29) is 29.9 Å². The number of aryl methyl sites for hydroxylation is 1. The number of benzene rings is 2. The number of nitrogens with zero attached hydrogens (tertiary/aromatic N) is 3. The average Bonchev–Trinajstić information content (AvgIpc) is 3.49. The first-order valence-corrected chi connectivity index (χ1v) is 10.1. The molecule has 0 atom stereocenters. The fraction of sp³-hybridized carbons (Fsp3) is 0.318. The normalized spacial score (nSPS) is 13.6. The Hall–Kier alpha value is -2.73. The number of rotatable bonds is 8. The summed E-state index contributed by atoms with van der Waals surface area (Å²) in [6, 6.07) is 13.6. The minimum atomic E-state index is -0.271. The fourth-order valence-electron chi connectivity index (χ4n) is 3.37. The topological polar surface area (TPSA) is 56.9 Å². The number of hydrogen-bond acceptors (Lipinski definition) is 3. The van der Waals surface area contributed by atoms with E-state index in [0.717, 1.165) is 24.0 Å². The summed E-state index contributed by atoms with van der Waals surface area (Å²) >= 11 is 5.96. The lowest BCUT2D eigenvalue weighted by atomic mass is 10.1. The molecule has 0 radical (unpaired) electrons. The summed E-state index contributed by atoms with van der Waals surface area (Å²) in [5.41, 5.74) is 1.55. The summed E-state index contributed by atoms with van der Waals surface area (Å²) in [6.07, 6.45) is 3.56. The quantitative estimate of drug-likeness (QED) is 0.549. The minimum absolute atomic E-state index is 0.0391. The third-order valence-electron chi connectivity index (χ3n) is 5.05. The second-order valence-electron chi connectivity index (χ2n) is 7.39. The van der Waals surface area contributed by atoms with E-state index in [4.69, 9.17) is 11.6 Å². The molecule has 5 nitrogen and oxygen atoms in total. The van der Waals surface area contributed by atoms with Crippen LogP contribution in [0.15, 0.2) is 53.3 Å². The average molecular weight is 414 g/mol. The summed E-state index contributed by atoms with van der Waals surface area (Å²) in [7, 11) is 0. The Morgan fingerprint density at radius 1 is 1.10 bits per heavy atom. The number of halogens is 2. The van der Waals surface area contributed by atoms with Crippen LogP contribution < -0.4 is 5.69 Å². The van der Waals surface area contributed by atoms with Crippen molar-refractivity contribution in [1.29, 1.82) is 0 Å². The van der Waals surface area contributed by atoms with Crippen molar-refractivity contribution in [3.05, 3.63) is 75.4 Å². The van der Waals surface area contributed by atoms with Crippen molar-refractivity contribution in [1.82, 2.24) is 14.3 Å². The zero-order valence-electron chi connectivity index (χ0n) is 15.9. The van der Waals surface area contributed by atoms with Gasteiger partial charge in [-0.2, -0.15) is 0 Å². The van der Waals surface area contributed by atoms with Gasteiger partial charge >= 0.3 is 5.69 Å². The summed E-state index contributed by atoms with van der Waals surface area (Å²) in [4.78, 5) is 25.2. The van der Waals surface area contributed by atoms with Gasteiger partial charge < -0.3 is 0 Å². The third kappa shape index (κ3) is 4.65. The van der Waals surface area contributed by atoms with Crippen LogP contribution >= 0.6 is 11.6 Å². The van der Waals surface area contributed by atoms with E-state index in [2.05, 4.69) is 5.10 Å². The molecule has 0 spiro atoms. The summed E-state index contributed by atoms with van der Waals surface area (Å²) < 4.78 is 15.9. The van der Waals surface area contributed by atoms with Crippen LogP contribution in [0.25, 0.3) is 11.4 Å². The molecule has 29 heavy (non-hydrogen) atoms. The molecule has 2 aromatic carbocycles. The van der Waals surface area contributed by atoms with Gasteiger partial charge in [0.05, 0.1) is 0 Å². The molecular weight excluding hydrogens is 393 g/mol. The molecule has 1 heterocycles. The first kappa shape index (κ1) is 19.6. The van der Waals surface area contributed by atoms with Gasteiger partial charge in [0.15, 0.2) is 11.6 Å². The standard InChI is InChI=1S/C22H21ClFN3O2/c23-17-8-6-16(7-9-17)21-25-26(22(29)27(21)19-12-13-19)14-20(28)3-1-2-15-4-10-18(24)11-5-15/h4-11,19H,1-3,12-14H2. The maximum absolute atomic E-state index is 13.0. The predicted molar refractivity (Wildman–Crippen MR) is 110 cm³/mol. The van der Waals surface area contributed by atoms with Crippen LogP contribution in [-0.4, -0.2) is 20.1 Å².